The molecule has 0 aliphatic carbocycles. The highest BCUT2D eigenvalue weighted by molar-refractivity contribution is 6.74. The standard InChI is InChI=1S/C26H38N2O6Si/c1-20(34-35(5,6)26(2,3)4)23(17-29)28(25(31)33-19-22-15-11-8-12-16-22)27-24(30)32-18-21-13-9-7-10-14-21/h7-16,20,23,29H,17-19H2,1-6H3,(H,27,30)/t20-,23+/m1/s1. The summed E-state index contributed by atoms with van der Waals surface area (Å²) in [6, 6.07) is 17.5. The molecule has 0 radical (unpaired) electrons. The summed E-state index contributed by atoms with van der Waals surface area (Å²) >= 11 is 0. The number of aliphatic hydroxyl groups is 1. The molecule has 0 fully saturated rings. The van der Waals surface area contributed by atoms with E-state index in [2.05, 4.69) is 39.3 Å². The van der Waals surface area contributed by atoms with Gasteiger partial charge < -0.3 is 19.0 Å². The fourth-order valence-electron chi connectivity index (χ4n) is 3.07. The van der Waals surface area contributed by atoms with Crippen molar-refractivity contribution in [2.75, 3.05) is 6.61 Å². The number of hydrogen-bond acceptors (Lipinski definition) is 6. The Kier molecular flexibility index (Phi) is 10.3. The summed E-state index contributed by atoms with van der Waals surface area (Å²) in [5, 5.41) is 11.1. The third-order valence-electron chi connectivity index (χ3n) is 6.17. The maximum Gasteiger partial charge on any atom is 0.429 e. The van der Waals surface area contributed by atoms with Crippen LogP contribution in [0, 0.1) is 0 Å². The van der Waals surface area contributed by atoms with Crippen molar-refractivity contribution in [3.63, 3.8) is 0 Å². The van der Waals surface area contributed by atoms with Gasteiger partial charge in [-0.3, -0.25) is 0 Å². The van der Waals surface area contributed by atoms with Crippen LogP contribution in [0.15, 0.2) is 60.7 Å². The zero-order chi connectivity index (χ0) is 26.1. The second-order valence-electron chi connectivity index (χ2n) is 9.92. The zero-order valence-corrected chi connectivity index (χ0v) is 22.5. The van der Waals surface area contributed by atoms with E-state index < -0.39 is 39.3 Å². The summed E-state index contributed by atoms with van der Waals surface area (Å²) in [5.74, 6) is 0. The predicted octanol–water partition coefficient (Wildman–Crippen LogP) is 5.24. The van der Waals surface area contributed by atoms with Crippen LogP contribution in [0.25, 0.3) is 0 Å². The average Bonchev–Trinajstić information content (AvgIpc) is 2.81. The van der Waals surface area contributed by atoms with Crippen LogP contribution in [-0.2, 0) is 27.1 Å². The van der Waals surface area contributed by atoms with Crippen LogP contribution in [0.3, 0.4) is 0 Å². The van der Waals surface area contributed by atoms with Crippen molar-refractivity contribution in [1.29, 1.82) is 0 Å². The summed E-state index contributed by atoms with van der Waals surface area (Å²) in [5.41, 5.74) is 4.04. The van der Waals surface area contributed by atoms with E-state index in [1.807, 2.05) is 60.7 Å². The number of rotatable bonds is 9. The number of nitrogens with one attached hydrogen (secondary N) is 1. The van der Waals surface area contributed by atoms with Gasteiger partial charge in [0.15, 0.2) is 8.32 Å². The smallest absolute Gasteiger partial charge is 0.429 e. The van der Waals surface area contributed by atoms with Crippen LogP contribution in [0.5, 0.6) is 0 Å². The molecule has 8 nitrogen and oxygen atoms in total. The highest BCUT2D eigenvalue weighted by atomic mass is 28.4. The molecule has 0 bridgehead atoms. The van der Waals surface area contributed by atoms with E-state index in [9.17, 15) is 14.7 Å². The Morgan fingerprint density at radius 3 is 1.89 bits per heavy atom. The van der Waals surface area contributed by atoms with Gasteiger partial charge in [-0.15, -0.1) is 0 Å². The molecule has 35 heavy (non-hydrogen) atoms. The summed E-state index contributed by atoms with van der Waals surface area (Å²) < 4.78 is 17.1. The fraction of sp³-hybridized carbons (Fsp3) is 0.462. The van der Waals surface area contributed by atoms with Crippen LogP contribution in [0.1, 0.15) is 38.8 Å². The molecule has 0 spiro atoms. The number of benzene rings is 2. The lowest BCUT2D eigenvalue weighted by Crippen LogP contribution is -2.59. The van der Waals surface area contributed by atoms with Gasteiger partial charge in [0.25, 0.3) is 0 Å². The maximum absolute atomic E-state index is 13.1. The number of carbonyl (C=O) groups excluding carboxylic acids is 2. The van der Waals surface area contributed by atoms with Crippen LogP contribution in [0.4, 0.5) is 9.59 Å². The molecule has 2 amide bonds. The molecule has 0 aromatic heterocycles. The topological polar surface area (TPSA) is 97.3 Å². The van der Waals surface area contributed by atoms with Crippen LogP contribution < -0.4 is 5.43 Å². The number of carbonyl (C=O) groups is 2. The normalized spacial score (nSPS) is 13.5. The molecule has 2 aromatic rings. The van der Waals surface area contributed by atoms with Crippen molar-refractivity contribution in [2.45, 2.75) is 71.2 Å². The van der Waals surface area contributed by atoms with Crippen molar-refractivity contribution in [1.82, 2.24) is 10.4 Å². The third kappa shape index (κ3) is 8.68. The molecule has 0 aliphatic rings. The molecule has 0 heterocycles. The molecule has 2 aromatic carbocycles. The van der Waals surface area contributed by atoms with Gasteiger partial charge in [0.2, 0.25) is 0 Å². The van der Waals surface area contributed by atoms with Gasteiger partial charge in [0, 0.05) is 0 Å². The lowest BCUT2D eigenvalue weighted by atomic mass is 10.2. The minimum Gasteiger partial charge on any atom is -0.443 e. The molecular weight excluding hydrogens is 464 g/mol. The van der Waals surface area contributed by atoms with Gasteiger partial charge in [0.05, 0.1) is 12.7 Å². The first-order valence-electron chi connectivity index (χ1n) is 11.7. The van der Waals surface area contributed by atoms with Crippen molar-refractivity contribution < 1.29 is 28.6 Å². The second kappa shape index (κ2) is 12.7. The van der Waals surface area contributed by atoms with Gasteiger partial charge >= 0.3 is 12.2 Å². The molecule has 0 saturated carbocycles. The summed E-state index contributed by atoms with van der Waals surface area (Å²) in [4.78, 5) is 25.7. The summed E-state index contributed by atoms with van der Waals surface area (Å²) in [6.07, 6.45) is -2.25. The quantitative estimate of drug-likeness (QED) is 0.360. The first-order valence-corrected chi connectivity index (χ1v) is 14.6. The molecule has 2 rings (SSSR count). The Balaban J connectivity index is 2.17. The van der Waals surface area contributed by atoms with Gasteiger partial charge in [-0.25, -0.2) is 20.0 Å². The van der Waals surface area contributed by atoms with Crippen LogP contribution >= 0.6 is 0 Å². The fourth-order valence-corrected chi connectivity index (χ4v) is 4.51. The molecule has 0 aliphatic heterocycles. The Morgan fingerprint density at radius 1 is 0.943 bits per heavy atom. The van der Waals surface area contributed by atoms with Crippen molar-refractivity contribution in [2.24, 2.45) is 0 Å². The van der Waals surface area contributed by atoms with E-state index in [0.717, 1.165) is 16.1 Å². The minimum absolute atomic E-state index is 0.00649. The Labute approximate surface area is 209 Å². The lowest BCUT2D eigenvalue weighted by Gasteiger charge is -2.42. The van der Waals surface area contributed by atoms with Gasteiger partial charge in [-0.2, -0.15) is 0 Å². The SMILES string of the molecule is C[C@@H](O[Si](C)(C)C(C)(C)C)[C@H](CO)N(NC(=O)OCc1ccccc1)C(=O)OCc1ccccc1. The summed E-state index contributed by atoms with van der Waals surface area (Å²) in [7, 11) is -2.23. The highest BCUT2D eigenvalue weighted by Crippen LogP contribution is 2.37. The zero-order valence-electron chi connectivity index (χ0n) is 21.5. The Hall–Kier alpha value is -2.88. The average molecular weight is 503 g/mol. The highest BCUT2D eigenvalue weighted by Gasteiger charge is 2.41. The van der Waals surface area contributed by atoms with Crippen molar-refractivity contribution in [3.8, 4) is 0 Å². The first-order chi connectivity index (χ1) is 16.4. The predicted molar refractivity (Wildman–Crippen MR) is 137 cm³/mol. The van der Waals surface area contributed by atoms with Crippen LogP contribution in [-0.4, -0.2) is 49.4 Å². The van der Waals surface area contributed by atoms with Gasteiger partial charge in [-0.1, -0.05) is 81.4 Å². The molecule has 0 saturated heterocycles. The molecule has 0 unspecified atom stereocenters. The number of aliphatic hydroxyl groups excluding tert-OH is 1. The summed E-state index contributed by atoms with van der Waals surface area (Å²) in [6.45, 7) is 11.8. The Bertz CT molecular complexity index is 934. The van der Waals surface area contributed by atoms with E-state index in [-0.39, 0.29) is 18.3 Å². The van der Waals surface area contributed by atoms with Gasteiger partial charge in [-0.05, 0) is 36.2 Å². The largest absolute Gasteiger partial charge is 0.443 e. The molecule has 2 N–H and O–H groups in total. The van der Waals surface area contributed by atoms with E-state index in [1.54, 1.807) is 6.92 Å². The number of nitrogens with zero attached hydrogens (tertiary/aromatic N) is 1. The molecule has 2 atom stereocenters. The second-order valence-corrected chi connectivity index (χ2v) is 14.7. The van der Waals surface area contributed by atoms with Crippen molar-refractivity contribution in [3.05, 3.63) is 71.8 Å². The number of hydrazine groups is 1. The lowest BCUT2D eigenvalue weighted by molar-refractivity contribution is -0.00582. The molecular formula is C26H38N2O6Si. The third-order valence-corrected chi connectivity index (χ3v) is 10.7. The molecule has 9 heteroatoms. The number of amides is 2. The number of ether oxygens (including phenoxy) is 2. The minimum atomic E-state index is -2.23. The Morgan fingerprint density at radius 2 is 1.43 bits per heavy atom. The van der Waals surface area contributed by atoms with Crippen molar-refractivity contribution >= 4 is 20.5 Å². The van der Waals surface area contributed by atoms with Crippen LogP contribution in [0.2, 0.25) is 18.1 Å². The number of hydrogen-bond donors (Lipinski definition) is 2. The van der Waals surface area contributed by atoms with E-state index in [1.165, 1.54) is 0 Å². The van der Waals surface area contributed by atoms with E-state index in [4.69, 9.17) is 13.9 Å². The van der Waals surface area contributed by atoms with E-state index >= 15 is 0 Å². The first kappa shape index (κ1) is 28.4. The maximum atomic E-state index is 13.1. The van der Waals surface area contributed by atoms with E-state index in [0.29, 0.717) is 0 Å². The van der Waals surface area contributed by atoms with Gasteiger partial charge in [0.1, 0.15) is 19.3 Å². The molecule has 192 valence electrons. The monoisotopic (exact) mass is 502 g/mol.